The third kappa shape index (κ3) is 3.93. The monoisotopic (exact) mass is 257 g/mol. The minimum absolute atomic E-state index is 0.733. The lowest BCUT2D eigenvalue weighted by atomic mass is 10.2. The predicted octanol–water partition coefficient (Wildman–Crippen LogP) is 2.82. The van der Waals surface area contributed by atoms with Gasteiger partial charge in [-0.15, -0.1) is 13.2 Å². The zero-order chi connectivity index (χ0) is 13.7. The lowest BCUT2D eigenvalue weighted by molar-refractivity contribution is 0.682. The molecule has 1 aromatic heterocycles. The van der Waals surface area contributed by atoms with Gasteiger partial charge in [-0.05, 0) is 31.4 Å². The van der Waals surface area contributed by atoms with Crippen LogP contribution in [0, 0.1) is 6.92 Å². The van der Waals surface area contributed by atoms with Gasteiger partial charge < -0.3 is 10.2 Å². The first-order valence-corrected chi connectivity index (χ1v) is 6.91. The molecular weight excluding hydrogens is 234 g/mol. The van der Waals surface area contributed by atoms with E-state index < -0.39 is 0 Å². The van der Waals surface area contributed by atoms with Crippen LogP contribution in [0.4, 0.5) is 5.82 Å². The molecule has 1 aliphatic carbocycles. The van der Waals surface area contributed by atoms with E-state index in [-0.39, 0.29) is 0 Å². The molecule has 0 unspecified atom stereocenters. The van der Waals surface area contributed by atoms with Gasteiger partial charge in [-0.3, -0.25) is 0 Å². The number of nitrogens with one attached hydrogen (secondary N) is 1. The van der Waals surface area contributed by atoms with Crippen molar-refractivity contribution < 1.29 is 0 Å². The van der Waals surface area contributed by atoms with Gasteiger partial charge in [0.15, 0.2) is 0 Å². The van der Waals surface area contributed by atoms with Crippen LogP contribution in [0.25, 0.3) is 0 Å². The van der Waals surface area contributed by atoms with Crippen molar-refractivity contribution in [3.63, 3.8) is 0 Å². The van der Waals surface area contributed by atoms with Crippen molar-refractivity contribution in [3.05, 3.63) is 48.7 Å². The second-order valence-electron chi connectivity index (χ2n) is 5.05. The van der Waals surface area contributed by atoms with Crippen molar-refractivity contribution in [1.82, 2.24) is 10.3 Å². The summed E-state index contributed by atoms with van der Waals surface area (Å²) in [5.41, 5.74) is 2.39. The van der Waals surface area contributed by atoms with Crippen molar-refractivity contribution in [2.24, 2.45) is 0 Å². The van der Waals surface area contributed by atoms with E-state index in [1.165, 1.54) is 18.4 Å². The van der Waals surface area contributed by atoms with Crippen LogP contribution in [0.3, 0.4) is 0 Å². The molecule has 0 aromatic carbocycles. The lowest BCUT2D eigenvalue weighted by Crippen LogP contribution is -2.24. The Kier molecular flexibility index (Phi) is 4.74. The highest BCUT2D eigenvalue weighted by atomic mass is 15.2. The summed E-state index contributed by atoms with van der Waals surface area (Å²) in [4.78, 5) is 6.86. The van der Waals surface area contributed by atoms with Crippen molar-refractivity contribution >= 4 is 5.82 Å². The number of aromatic nitrogens is 1. The molecular formula is C16H23N3. The van der Waals surface area contributed by atoms with Crippen LogP contribution < -0.4 is 10.2 Å². The molecule has 1 aliphatic rings. The van der Waals surface area contributed by atoms with Gasteiger partial charge >= 0.3 is 0 Å². The third-order valence-corrected chi connectivity index (χ3v) is 3.36. The molecule has 1 aromatic rings. The molecule has 0 spiro atoms. The number of hydrogen-bond donors (Lipinski definition) is 1. The van der Waals surface area contributed by atoms with E-state index in [0.29, 0.717) is 0 Å². The van der Waals surface area contributed by atoms with Gasteiger partial charge in [-0.1, -0.05) is 18.2 Å². The molecule has 0 bridgehead atoms. The number of aryl methyl sites for hydroxylation is 1. The Balaban J connectivity index is 2.06. The quantitative estimate of drug-likeness (QED) is 0.726. The summed E-state index contributed by atoms with van der Waals surface area (Å²) in [6.07, 6.45) is 6.42. The zero-order valence-electron chi connectivity index (χ0n) is 11.7. The van der Waals surface area contributed by atoms with Crippen molar-refractivity contribution in [1.29, 1.82) is 0 Å². The summed E-state index contributed by atoms with van der Waals surface area (Å²) in [6.45, 7) is 12.2. The molecule has 3 heteroatoms. The molecule has 2 rings (SSSR count). The Labute approximate surface area is 116 Å². The highest BCUT2D eigenvalue weighted by molar-refractivity contribution is 5.43. The fourth-order valence-electron chi connectivity index (χ4n) is 2.05. The van der Waals surface area contributed by atoms with Crippen LogP contribution in [0.2, 0.25) is 0 Å². The first-order chi connectivity index (χ1) is 9.24. The second kappa shape index (κ2) is 6.53. The molecule has 1 N–H and O–H groups in total. The molecule has 19 heavy (non-hydrogen) atoms. The fourth-order valence-corrected chi connectivity index (χ4v) is 2.05. The van der Waals surface area contributed by atoms with E-state index >= 15 is 0 Å². The number of pyridine rings is 1. The maximum Gasteiger partial charge on any atom is 0.129 e. The summed E-state index contributed by atoms with van der Waals surface area (Å²) in [6, 6.07) is 4.99. The molecule has 3 nitrogen and oxygen atoms in total. The van der Waals surface area contributed by atoms with E-state index in [2.05, 4.69) is 42.4 Å². The molecule has 1 heterocycles. The number of anilines is 1. The third-order valence-electron chi connectivity index (χ3n) is 3.36. The van der Waals surface area contributed by atoms with Crippen LogP contribution in [-0.2, 0) is 6.54 Å². The first-order valence-electron chi connectivity index (χ1n) is 6.91. The summed E-state index contributed by atoms with van der Waals surface area (Å²) >= 11 is 0. The topological polar surface area (TPSA) is 28.2 Å². The zero-order valence-corrected chi connectivity index (χ0v) is 11.7. The van der Waals surface area contributed by atoms with Gasteiger partial charge in [-0.2, -0.15) is 0 Å². The molecule has 0 amide bonds. The van der Waals surface area contributed by atoms with E-state index in [9.17, 15) is 0 Å². The van der Waals surface area contributed by atoms with Crippen molar-refractivity contribution in [2.75, 3.05) is 18.0 Å². The minimum atomic E-state index is 0.733. The Morgan fingerprint density at radius 1 is 1.32 bits per heavy atom. The Morgan fingerprint density at radius 2 is 2.00 bits per heavy atom. The van der Waals surface area contributed by atoms with Gasteiger partial charge in [0.05, 0.1) is 0 Å². The van der Waals surface area contributed by atoms with Gasteiger partial charge in [0.25, 0.3) is 0 Å². The smallest absolute Gasteiger partial charge is 0.129 e. The second-order valence-corrected chi connectivity index (χ2v) is 5.05. The molecule has 0 saturated heterocycles. The van der Waals surface area contributed by atoms with Gasteiger partial charge in [-0.25, -0.2) is 4.98 Å². The number of rotatable bonds is 8. The predicted molar refractivity (Wildman–Crippen MR) is 81.4 cm³/mol. The average molecular weight is 257 g/mol. The van der Waals surface area contributed by atoms with Gasteiger partial charge in [0, 0.05) is 31.4 Å². The normalized spacial score (nSPS) is 14.2. The van der Waals surface area contributed by atoms with E-state index in [0.717, 1.165) is 37.2 Å². The van der Waals surface area contributed by atoms with Crippen LogP contribution in [-0.4, -0.2) is 24.1 Å². The summed E-state index contributed by atoms with van der Waals surface area (Å²) in [7, 11) is 0. The van der Waals surface area contributed by atoms with E-state index in [4.69, 9.17) is 4.98 Å². The van der Waals surface area contributed by atoms with E-state index in [1.54, 1.807) is 0 Å². The van der Waals surface area contributed by atoms with Gasteiger partial charge in [0.2, 0.25) is 0 Å². The Hall–Kier alpha value is -1.61. The van der Waals surface area contributed by atoms with Crippen molar-refractivity contribution in [2.45, 2.75) is 32.4 Å². The molecule has 1 fully saturated rings. The molecule has 0 aliphatic heterocycles. The summed E-state index contributed by atoms with van der Waals surface area (Å²) in [5.74, 6) is 0.993. The van der Waals surface area contributed by atoms with Gasteiger partial charge in [0.1, 0.15) is 5.82 Å². The van der Waals surface area contributed by atoms with Crippen molar-refractivity contribution in [3.8, 4) is 0 Å². The Bertz CT molecular complexity index is 439. The standard InChI is InChI=1S/C16H23N3/c1-4-10-19(11-5-2)16-9-6-14(13(3)18-16)12-17-15-7-8-15/h4-6,9,15,17H,1-2,7-8,10-12H2,3H3. The summed E-state index contributed by atoms with van der Waals surface area (Å²) in [5, 5.41) is 3.53. The lowest BCUT2D eigenvalue weighted by Gasteiger charge is -2.21. The maximum atomic E-state index is 4.70. The SMILES string of the molecule is C=CCN(CC=C)c1ccc(CNC2CC2)c(C)n1. The first kappa shape index (κ1) is 13.8. The highest BCUT2D eigenvalue weighted by Crippen LogP contribution is 2.20. The average Bonchev–Trinajstić information content (AvgIpc) is 3.21. The molecule has 102 valence electrons. The van der Waals surface area contributed by atoms with Crippen LogP contribution in [0.15, 0.2) is 37.4 Å². The van der Waals surface area contributed by atoms with E-state index in [1.807, 2.05) is 12.2 Å². The largest absolute Gasteiger partial charge is 0.349 e. The summed E-state index contributed by atoms with van der Waals surface area (Å²) < 4.78 is 0. The molecule has 1 saturated carbocycles. The highest BCUT2D eigenvalue weighted by Gasteiger charge is 2.20. The van der Waals surface area contributed by atoms with Crippen LogP contribution in [0.5, 0.6) is 0 Å². The molecule has 0 radical (unpaired) electrons. The minimum Gasteiger partial charge on any atom is -0.349 e. The van der Waals surface area contributed by atoms with Crippen LogP contribution >= 0.6 is 0 Å². The van der Waals surface area contributed by atoms with Crippen LogP contribution in [0.1, 0.15) is 24.1 Å². The number of nitrogens with zero attached hydrogens (tertiary/aromatic N) is 2. The number of hydrogen-bond acceptors (Lipinski definition) is 3. The fraction of sp³-hybridized carbons (Fsp3) is 0.438. The molecule has 0 atom stereocenters. The Morgan fingerprint density at radius 3 is 2.53 bits per heavy atom. The maximum absolute atomic E-state index is 4.70.